The second-order valence-corrected chi connectivity index (χ2v) is 5.99. The van der Waals surface area contributed by atoms with E-state index < -0.39 is 0 Å². The summed E-state index contributed by atoms with van der Waals surface area (Å²) >= 11 is 5.95. The molecule has 1 heterocycles. The van der Waals surface area contributed by atoms with Crippen LogP contribution in [0.3, 0.4) is 0 Å². The SMILES string of the molecule is O=C(CCn1ncc2cc(Cl)ccc21)NCCc1cccc(F)c1. The second kappa shape index (κ2) is 7.45. The molecule has 1 N–H and O–H groups in total. The summed E-state index contributed by atoms with van der Waals surface area (Å²) in [6.07, 6.45) is 2.68. The number of amides is 1. The number of halogens is 2. The molecule has 4 nitrogen and oxygen atoms in total. The molecule has 0 aliphatic carbocycles. The Morgan fingerprint density at radius 2 is 2.12 bits per heavy atom. The average Bonchev–Trinajstić information content (AvgIpc) is 2.95. The standard InChI is InChI=1S/C18H17ClFN3O/c19-15-4-5-17-14(11-15)12-22-23(17)9-7-18(24)21-8-6-13-2-1-3-16(20)10-13/h1-5,10-12H,6-9H2,(H,21,24). The number of benzene rings is 2. The fraction of sp³-hybridized carbons (Fsp3) is 0.222. The predicted molar refractivity (Wildman–Crippen MR) is 92.5 cm³/mol. The van der Waals surface area contributed by atoms with Crippen LogP contribution in [0.15, 0.2) is 48.7 Å². The van der Waals surface area contributed by atoms with E-state index in [0.29, 0.717) is 31.0 Å². The molecule has 0 aliphatic rings. The molecule has 0 fully saturated rings. The van der Waals surface area contributed by atoms with Crippen LogP contribution in [0.4, 0.5) is 4.39 Å². The number of hydrogen-bond donors (Lipinski definition) is 1. The van der Waals surface area contributed by atoms with Crippen LogP contribution in [0, 0.1) is 5.82 Å². The Morgan fingerprint density at radius 1 is 1.25 bits per heavy atom. The van der Waals surface area contributed by atoms with Crippen LogP contribution in [0.2, 0.25) is 5.02 Å². The molecule has 1 aromatic heterocycles. The van der Waals surface area contributed by atoms with E-state index in [4.69, 9.17) is 11.6 Å². The van der Waals surface area contributed by atoms with Crippen LogP contribution >= 0.6 is 11.6 Å². The third-order valence-electron chi connectivity index (χ3n) is 3.78. The summed E-state index contributed by atoms with van der Waals surface area (Å²) in [7, 11) is 0. The molecule has 2 aromatic carbocycles. The molecule has 24 heavy (non-hydrogen) atoms. The average molecular weight is 346 g/mol. The van der Waals surface area contributed by atoms with Crippen molar-refractivity contribution < 1.29 is 9.18 Å². The van der Waals surface area contributed by atoms with Crippen molar-refractivity contribution in [1.82, 2.24) is 15.1 Å². The van der Waals surface area contributed by atoms with Gasteiger partial charge in [0, 0.05) is 23.4 Å². The van der Waals surface area contributed by atoms with Gasteiger partial charge in [0.05, 0.1) is 18.3 Å². The maximum atomic E-state index is 13.1. The minimum absolute atomic E-state index is 0.0518. The molecule has 6 heteroatoms. The Labute approximate surface area is 144 Å². The lowest BCUT2D eigenvalue weighted by atomic mass is 10.1. The van der Waals surface area contributed by atoms with Crippen LogP contribution in [0.1, 0.15) is 12.0 Å². The minimum Gasteiger partial charge on any atom is -0.356 e. The van der Waals surface area contributed by atoms with E-state index in [2.05, 4.69) is 10.4 Å². The molecule has 0 bridgehead atoms. The molecule has 3 aromatic rings. The normalized spacial score (nSPS) is 10.9. The van der Waals surface area contributed by atoms with Crippen LogP contribution in [-0.4, -0.2) is 22.2 Å². The van der Waals surface area contributed by atoms with Gasteiger partial charge >= 0.3 is 0 Å². The van der Waals surface area contributed by atoms with Gasteiger partial charge in [-0.3, -0.25) is 9.48 Å². The molecule has 0 atom stereocenters. The highest BCUT2D eigenvalue weighted by Gasteiger charge is 2.06. The van der Waals surface area contributed by atoms with Gasteiger partial charge in [0.2, 0.25) is 5.91 Å². The number of aryl methyl sites for hydroxylation is 1. The summed E-state index contributed by atoms with van der Waals surface area (Å²) in [5.74, 6) is -0.312. The maximum Gasteiger partial charge on any atom is 0.221 e. The van der Waals surface area contributed by atoms with E-state index in [9.17, 15) is 9.18 Å². The number of hydrogen-bond acceptors (Lipinski definition) is 2. The fourth-order valence-electron chi connectivity index (χ4n) is 2.57. The van der Waals surface area contributed by atoms with E-state index in [1.807, 2.05) is 18.2 Å². The Hall–Kier alpha value is -2.40. The number of carbonyl (C=O) groups excluding carboxylic acids is 1. The number of carbonyl (C=O) groups is 1. The lowest BCUT2D eigenvalue weighted by molar-refractivity contribution is -0.121. The Kier molecular flexibility index (Phi) is 5.11. The van der Waals surface area contributed by atoms with Crippen molar-refractivity contribution in [3.63, 3.8) is 0 Å². The quantitative estimate of drug-likeness (QED) is 0.742. The highest BCUT2D eigenvalue weighted by molar-refractivity contribution is 6.31. The molecular formula is C18H17ClFN3O. The summed E-state index contributed by atoms with van der Waals surface area (Å²) in [4.78, 5) is 11.9. The van der Waals surface area contributed by atoms with Gasteiger partial charge in [-0.2, -0.15) is 5.10 Å². The first-order valence-electron chi connectivity index (χ1n) is 7.74. The van der Waals surface area contributed by atoms with Crippen LogP contribution < -0.4 is 5.32 Å². The first-order valence-corrected chi connectivity index (χ1v) is 8.12. The van der Waals surface area contributed by atoms with E-state index >= 15 is 0 Å². The smallest absolute Gasteiger partial charge is 0.221 e. The summed E-state index contributed by atoms with van der Waals surface area (Å²) < 4.78 is 14.9. The zero-order valence-electron chi connectivity index (χ0n) is 13.0. The van der Waals surface area contributed by atoms with Crippen molar-refractivity contribution >= 4 is 28.4 Å². The maximum absolute atomic E-state index is 13.1. The molecule has 0 radical (unpaired) electrons. The molecule has 0 unspecified atom stereocenters. The zero-order valence-corrected chi connectivity index (χ0v) is 13.8. The molecule has 0 aliphatic heterocycles. The summed E-state index contributed by atoms with van der Waals surface area (Å²) in [5, 5.41) is 8.75. The summed E-state index contributed by atoms with van der Waals surface area (Å²) in [5.41, 5.74) is 1.82. The zero-order chi connectivity index (χ0) is 16.9. The van der Waals surface area contributed by atoms with Gasteiger partial charge in [0.15, 0.2) is 0 Å². The van der Waals surface area contributed by atoms with E-state index in [1.54, 1.807) is 23.0 Å². The van der Waals surface area contributed by atoms with Gasteiger partial charge in [-0.25, -0.2) is 4.39 Å². The number of aromatic nitrogens is 2. The van der Waals surface area contributed by atoms with Crippen molar-refractivity contribution in [1.29, 1.82) is 0 Å². The largest absolute Gasteiger partial charge is 0.356 e. The van der Waals surface area contributed by atoms with E-state index in [1.165, 1.54) is 12.1 Å². The van der Waals surface area contributed by atoms with Crippen LogP contribution in [0.25, 0.3) is 10.9 Å². The second-order valence-electron chi connectivity index (χ2n) is 5.55. The third kappa shape index (κ3) is 4.11. The van der Waals surface area contributed by atoms with Crippen LogP contribution in [-0.2, 0) is 17.8 Å². The number of rotatable bonds is 6. The Bertz CT molecular complexity index is 862. The molecule has 124 valence electrons. The summed E-state index contributed by atoms with van der Waals surface area (Å²) in [6.45, 7) is 0.981. The van der Waals surface area contributed by atoms with Gasteiger partial charge in [-0.15, -0.1) is 0 Å². The van der Waals surface area contributed by atoms with Gasteiger partial charge in [-0.05, 0) is 42.3 Å². The number of fused-ring (bicyclic) bond motifs is 1. The lowest BCUT2D eigenvalue weighted by Gasteiger charge is -2.07. The highest BCUT2D eigenvalue weighted by atomic mass is 35.5. The highest BCUT2D eigenvalue weighted by Crippen LogP contribution is 2.19. The predicted octanol–water partition coefficient (Wildman–Crippen LogP) is 3.58. The van der Waals surface area contributed by atoms with Gasteiger partial charge in [-0.1, -0.05) is 23.7 Å². The number of nitrogens with one attached hydrogen (secondary N) is 1. The topological polar surface area (TPSA) is 46.9 Å². The number of nitrogens with zero attached hydrogens (tertiary/aromatic N) is 2. The molecule has 1 amide bonds. The van der Waals surface area contributed by atoms with Crippen molar-refractivity contribution in [3.05, 3.63) is 65.1 Å². The van der Waals surface area contributed by atoms with Gasteiger partial charge < -0.3 is 5.32 Å². The monoisotopic (exact) mass is 345 g/mol. The van der Waals surface area contributed by atoms with Gasteiger partial charge in [0.25, 0.3) is 0 Å². The summed E-state index contributed by atoms with van der Waals surface area (Å²) in [6, 6.07) is 11.9. The van der Waals surface area contributed by atoms with Crippen molar-refractivity contribution in [2.75, 3.05) is 6.54 Å². The molecular weight excluding hydrogens is 329 g/mol. The van der Waals surface area contributed by atoms with E-state index in [-0.39, 0.29) is 11.7 Å². The lowest BCUT2D eigenvalue weighted by Crippen LogP contribution is -2.26. The Balaban J connectivity index is 1.48. The van der Waals surface area contributed by atoms with Crippen LogP contribution in [0.5, 0.6) is 0 Å². The molecule has 0 spiro atoms. The van der Waals surface area contributed by atoms with Crippen molar-refractivity contribution in [3.8, 4) is 0 Å². The van der Waals surface area contributed by atoms with Crippen molar-refractivity contribution in [2.45, 2.75) is 19.4 Å². The molecule has 3 rings (SSSR count). The first kappa shape index (κ1) is 16.5. The third-order valence-corrected chi connectivity index (χ3v) is 4.01. The fourth-order valence-corrected chi connectivity index (χ4v) is 2.75. The minimum atomic E-state index is -0.260. The van der Waals surface area contributed by atoms with Crippen molar-refractivity contribution in [2.24, 2.45) is 0 Å². The van der Waals surface area contributed by atoms with E-state index in [0.717, 1.165) is 16.5 Å². The molecule has 0 saturated carbocycles. The first-order chi connectivity index (χ1) is 11.6. The molecule has 0 saturated heterocycles. The van der Waals surface area contributed by atoms with Gasteiger partial charge in [0.1, 0.15) is 5.82 Å². The Morgan fingerprint density at radius 3 is 2.96 bits per heavy atom.